The number of hydrogen-bond donors (Lipinski definition) is 3. The van der Waals surface area contributed by atoms with Gasteiger partial charge in [-0.2, -0.15) is 5.10 Å². The van der Waals surface area contributed by atoms with Gasteiger partial charge in [0.25, 0.3) is 5.91 Å². The van der Waals surface area contributed by atoms with Crippen LogP contribution in [0.2, 0.25) is 10.0 Å². The summed E-state index contributed by atoms with van der Waals surface area (Å²) in [5, 5.41) is 10.2. The highest BCUT2D eigenvalue weighted by molar-refractivity contribution is 6.42. The maximum atomic E-state index is 12.6. The van der Waals surface area contributed by atoms with Gasteiger partial charge in [0.05, 0.1) is 48.7 Å². The predicted molar refractivity (Wildman–Crippen MR) is 172 cm³/mol. The van der Waals surface area contributed by atoms with Gasteiger partial charge in [-0.05, 0) is 61.4 Å². The molecule has 1 heterocycles. The van der Waals surface area contributed by atoms with Gasteiger partial charge in [0.2, 0.25) is 0 Å². The second-order valence-corrected chi connectivity index (χ2v) is 10.5. The zero-order chi connectivity index (χ0) is 33.2. The number of rotatable bonds is 13. The van der Waals surface area contributed by atoms with Crippen molar-refractivity contribution in [2.75, 3.05) is 27.4 Å². The van der Waals surface area contributed by atoms with Gasteiger partial charge in [-0.1, -0.05) is 41.4 Å². The molecule has 0 saturated heterocycles. The van der Waals surface area contributed by atoms with Crippen molar-refractivity contribution in [3.63, 3.8) is 0 Å². The minimum Gasteiger partial charge on any atom is -0.493 e. The Bertz CT molecular complexity index is 1680. The lowest BCUT2D eigenvalue weighted by Gasteiger charge is -2.28. The fraction of sp³-hybridized carbons (Fsp3) is 0.250. The fourth-order valence-corrected chi connectivity index (χ4v) is 4.81. The number of urea groups is 1. The van der Waals surface area contributed by atoms with Gasteiger partial charge in [-0.25, -0.2) is 15.0 Å². The summed E-state index contributed by atoms with van der Waals surface area (Å²) in [4.78, 5) is 37.4. The van der Waals surface area contributed by atoms with Gasteiger partial charge in [0.1, 0.15) is 6.61 Å². The number of nitrogens with one attached hydrogen (secondary N) is 3. The summed E-state index contributed by atoms with van der Waals surface area (Å²) in [7, 11) is 2.95. The molecule has 0 saturated carbocycles. The molecular weight excluding hydrogens is 639 g/mol. The number of para-hydroxylation sites is 1. The topological polar surface area (TPSA) is 146 Å². The van der Waals surface area contributed by atoms with Gasteiger partial charge >= 0.3 is 12.0 Å². The minimum atomic E-state index is -0.789. The molecule has 0 aromatic heterocycles. The number of ether oxygens (including phenoxy) is 5. The molecule has 0 bridgehead atoms. The molecule has 0 spiro atoms. The SMILES string of the molecule is CCOC(=O)C1=C(C)NC(=O)N[C@H]1c1ccc(OCC(=O)N/N=C/c2cccc(OC)c2OCc2ccc(Cl)c(Cl)c2)c(OC)c1. The van der Waals surface area contributed by atoms with Crippen LogP contribution in [0.4, 0.5) is 4.79 Å². The van der Waals surface area contributed by atoms with Crippen molar-refractivity contribution in [3.05, 3.63) is 92.6 Å². The van der Waals surface area contributed by atoms with Crippen molar-refractivity contribution in [1.82, 2.24) is 16.1 Å². The molecule has 1 aliphatic heterocycles. The summed E-state index contributed by atoms with van der Waals surface area (Å²) >= 11 is 12.1. The van der Waals surface area contributed by atoms with E-state index in [1.807, 2.05) is 0 Å². The van der Waals surface area contributed by atoms with Crippen LogP contribution in [0.5, 0.6) is 23.0 Å². The van der Waals surface area contributed by atoms with Crippen molar-refractivity contribution in [3.8, 4) is 23.0 Å². The molecule has 4 rings (SSSR count). The first-order valence-corrected chi connectivity index (χ1v) is 14.7. The van der Waals surface area contributed by atoms with E-state index in [1.165, 1.54) is 20.4 Å². The highest BCUT2D eigenvalue weighted by atomic mass is 35.5. The van der Waals surface area contributed by atoms with E-state index in [9.17, 15) is 14.4 Å². The second-order valence-electron chi connectivity index (χ2n) is 9.70. The average Bonchev–Trinajstić information content (AvgIpc) is 3.04. The molecule has 242 valence electrons. The first-order chi connectivity index (χ1) is 22.1. The first-order valence-electron chi connectivity index (χ1n) is 14.0. The Hall–Kier alpha value is -4.94. The molecule has 0 fully saturated rings. The summed E-state index contributed by atoms with van der Waals surface area (Å²) in [5.74, 6) is 0.317. The van der Waals surface area contributed by atoms with E-state index in [2.05, 4.69) is 21.2 Å². The number of carbonyl (C=O) groups is 3. The zero-order valence-corrected chi connectivity index (χ0v) is 27.0. The third kappa shape index (κ3) is 8.40. The van der Waals surface area contributed by atoms with Crippen molar-refractivity contribution < 1.29 is 38.1 Å². The lowest BCUT2D eigenvalue weighted by molar-refractivity contribution is -0.139. The highest BCUT2D eigenvalue weighted by Crippen LogP contribution is 2.35. The van der Waals surface area contributed by atoms with E-state index < -0.39 is 23.9 Å². The molecule has 3 N–H and O–H groups in total. The van der Waals surface area contributed by atoms with Crippen LogP contribution in [0.25, 0.3) is 0 Å². The molecule has 3 aromatic carbocycles. The fourth-order valence-electron chi connectivity index (χ4n) is 4.49. The monoisotopic (exact) mass is 670 g/mol. The van der Waals surface area contributed by atoms with E-state index in [1.54, 1.807) is 68.4 Å². The predicted octanol–water partition coefficient (Wildman–Crippen LogP) is 5.31. The van der Waals surface area contributed by atoms with E-state index >= 15 is 0 Å². The van der Waals surface area contributed by atoms with Gasteiger partial charge in [0.15, 0.2) is 29.6 Å². The number of nitrogens with zero attached hydrogens (tertiary/aromatic N) is 1. The maximum Gasteiger partial charge on any atom is 0.338 e. The van der Waals surface area contributed by atoms with Crippen LogP contribution >= 0.6 is 23.2 Å². The standard InChI is InChI=1S/C32H32Cl2N4O8/c1-5-44-31(40)28-18(2)36-32(41)37-29(28)20-10-12-24(26(14-20)43-4)45-17-27(39)38-35-15-21-7-6-8-25(42-3)30(21)46-16-19-9-11-22(33)23(34)13-19/h6-15,29H,5,16-17H2,1-4H3,(H,38,39)(H2,36,37,41)/b35-15+/t29-/m0/s1. The van der Waals surface area contributed by atoms with E-state index in [-0.39, 0.29) is 36.9 Å². The van der Waals surface area contributed by atoms with Gasteiger partial charge in [-0.3, -0.25) is 4.79 Å². The van der Waals surface area contributed by atoms with E-state index in [0.717, 1.165) is 5.56 Å². The highest BCUT2D eigenvalue weighted by Gasteiger charge is 2.32. The molecule has 3 amide bonds. The number of carbonyl (C=O) groups excluding carboxylic acids is 3. The first kappa shape index (κ1) is 33.9. The maximum absolute atomic E-state index is 12.6. The number of methoxy groups -OCH3 is 2. The van der Waals surface area contributed by atoms with Gasteiger partial charge < -0.3 is 34.3 Å². The summed E-state index contributed by atoms with van der Waals surface area (Å²) < 4.78 is 27.8. The number of allylic oxidation sites excluding steroid dienone is 1. The molecule has 3 aromatic rings. The van der Waals surface area contributed by atoms with Crippen LogP contribution in [-0.2, 0) is 20.9 Å². The van der Waals surface area contributed by atoms with Crippen molar-refractivity contribution in [2.24, 2.45) is 5.10 Å². The van der Waals surface area contributed by atoms with Crippen LogP contribution in [0.1, 0.15) is 36.6 Å². The normalized spacial score (nSPS) is 14.3. The third-order valence-corrected chi connectivity index (χ3v) is 7.37. The molecule has 1 aliphatic rings. The van der Waals surface area contributed by atoms with Gasteiger partial charge in [-0.15, -0.1) is 0 Å². The Morgan fingerprint density at radius 3 is 2.48 bits per heavy atom. The number of halogens is 2. The summed E-state index contributed by atoms with van der Waals surface area (Å²) in [6.45, 7) is 3.28. The smallest absolute Gasteiger partial charge is 0.338 e. The van der Waals surface area contributed by atoms with Crippen molar-refractivity contribution in [2.45, 2.75) is 26.5 Å². The Labute approximate surface area is 275 Å². The number of esters is 1. The Balaban J connectivity index is 1.41. The second kappa shape index (κ2) is 15.9. The number of hydrogen-bond acceptors (Lipinski definition) is 9. The summed E-state index contributed by atoms with van der Waals surface area (Å²) in [5.41, 5.74) is 4.95. The Kier molecular flexibility index (Phi) is 11.7. The van der Waals surface area contributed by atoms with Gasteiger partial charge in [0, 0.05) is 11.3 Å². The lowest BCUT2D eigenvalue weighted by Crippen LogP contribution is -2.45. The molecule has 0 radical (unpaired) electrons. The molecular formula is C32H32Cl2N4O8. The molecule has 14 heteroatoms. The van der Waals surface area contributed by atoms with Crippen molar-refractivity contribution in [1.29, 1.82) is 0 Å². The third-order valence-electron chi connectivity index (χ3n) is 6.63. The summed E-state index contributed by atoms with van der Waals surface area (Å²) in [6, 6.07) is 14.0. The van der Waals surface area contributed by atoms with Crippen LogP contribution in [0.15, 0.2) is 71.0 Å². The average molecular weight is 672 g/mol. The van der Waals surface area contributed by atoms with Crippen LogP contribution < -0.4 is 35.0 Å². The lowest BCUT2D eigenvalue weighted by atomic mass is 9.95. The number of hydrazone groups is 1. The van der Waals surface area contributed by atoms with Crippen molar-refractivity contribution >= 4 is 47.3 Å². The molecule has 1 atom stereocenters. The number of benzene rings is 3. The quantitative estimate of drug-likeness (QED) is 0.126. The number of amides is 3. The zero-order valence-electron chi connectivity index (χ0n) is 25.4. The summed E-state index contributed by atoms with van der Waals surface area (Å²) in [6.07, 6.45) is 1.42. The van der Waals surface area contributed by atoms with Crippen LogP contribution in [0, 0.1) is 0 Å². The molecule has 0 unspecified atom stereocenters. The minimum absolute atomic E-state index is 0.174. The molecule has 46 heavy (non-hydrogen) atoms. The van der Waals surface area contributed by atoms with E-state index in [4.69, 9.17) is 46.9 Å². The molecule has 0 aliphatic carbocycles. The molecule has 12 nitrogen and oxygen atoms in total. The Morgan fingerprint density at radius 2 is 1.76 bits per heavy atom. The van der Waals surface area contributed by atoms with Crippen LogP contribution in [0.3, 0.4) is 0 Å². The van der Waals surface area contributed by atoms with E-state index in [0.29, 0.717) is 38.4 Å². The Morgan fingerprint density at radius 1 is 0.978 bits per heavy atom. The largest absolute Gasteiger partial charge is 0.493 e. The van der Waals surface area contributed by atoms with Crippen LogP contribution in [-0.4, -0.2) is 51.6 Å².